The van der Waals surface area contributed by atoms with Crippen LogP contribution in [0.5, 0.6) is 0 Å². The van der Waals surface area contributed by atoms with Gasteiger partial charge in [0.15, 0.2) is 11.5 Å². The van der Waals surface area contributed by atoms with E-state index in [9.17, 15) is 4.39 Å². The SMILES string of the molecule is CCCNc1ncc(F)c(Sc2nnc3ccccn23)n1. The fraction of sp³-hybridized carbons (Fsp3) is 0.231. The standard InChI is InChI=1S/C13H13FN6S/c1-2-6-15-12-16-8-9(14)11(17-12)21-13-19-18-10-5-3-4-7-20(10)13/h3-5,7-8H,2,6H2,1H3,(H,15,16,17). The maximum atomic E-state index is 13.9. The quantitative estimate of drug-likeness (QED) is 0.731. The van der Waals surface area contributed by atoms with Crippen molar-refractivity contribution in [1.82, 2.24) is 24.6 Å². The first-order valence-corrected chi connectivity index (χ1v) is 7.33. The molecule has 1 N–H and O–H groups in total. The molecule has 0 aliphatic rings. The lowest BCUT2D eigenvalue weighted by molar-refractivity contribution is 0.579. The average molecular weight is 304 g/mol. The van der Waals surface area contributed by atoms with Gasteiger partial charge in [-0.15, -0.1) is 10.2 Å². The number of aromatic nitrogens is 5. The summed E-state index contributed by atoms with van der Waals surface area (Å²) in [5.41, 5.74) is 0.707. The highest BCUT2D eigenvalue weighted by Crippen LogP contribution is 2.27. The van der Waals surface area contributed by atoms with Crippen molar-refractivity contribution in [3.05, 3.63) is 36.4 Å². The van der Waals surface area contributed by atoms with E-state index < -0.39 is 5.82 Å². The minimum absolute atomic E-state index is 0.224. The molecule has 8 heteroatoms. The number of nitrogens with one attached hydrogen (secondary N) is 1. The van der Waals surface area contributed by atoms with Crippen molar-refractivity contribution in [2.75, 3.05) is 11.9 Å². The zero-order valence-corrected chi connectivity index (χ0v) is 12.1. The Balaban J connectivity index is 1.90. The van der Waals surface area contributed by atoms with Crippen LogP contribution in [0, 0.1) is 5.82 Å². The van der Waals surface area contributed by atoms with E-state index >= 15 is 0 Å². The maximum Gasteiger partial charge on any atom is 0.223 e. The number of hydrogen-bond acceptors (Lipinski definition) is 6. The zero-order valence-electron chi connectivity index (χ0n) is 11.3. The first-order chi connectivity index (χ1) is 10.3. The lowest BCUT2D eigenvalue weighted by atomic mass is 10.5. The highest BCUT2D eigenvalue weighted by atomic mass is 32.2. The number of rotatable bonds is 5. The Morgan fingerprint density at radius 1 is 1.33 bits per heavy atom. The molecule has 6 nitrogen and oxygen atoms in total. The monoisotopic (exact) mass is 304 g/mol. The average Bonchev–Trinajstić information content (AvgIpc) is 2.91. The van der Waals surface area contributed by atoms with Crippen LogP contribution in [0.2, 0.25) is 0 Å². The molecule has 0 aliphatic heterocycles. The van der Waals surface area contributed by atoms with Gasteiger partial charge in [0, 0.05) is 12.7 Å². The fourth-order valence-electron chi connectivity index (χ4n) is 1.72. The van der Waals surface area contributed by atoms with E-state index in [4.69, 9.17) is 0 Å². The summed E-state index contributed by atoms with van der Waals surface area (Å²) in [4.78, 5) is 8.09. The minimum Gasteiger partial charge on any atom is -0.354 e. The molecule has 0 unspecified atom stereocenters. The number of hydrogen-bond donors (Lipinski definition) is 1. The van der Waals surface area contributed by atoms with Crippen molar-refractivity contribution in [1.29, 1.82) is 0 Å². The van der Waals surface area contributed by atoms with Gasteiger partial charge in [-0.05, 0) is 30.3 Å². The van der Waals surface area contributed by atoms with Gasteiger partial charge in [0.05, 0.1) is 6.20 Å². The van der Waals surface area contributed by atoms with Gasteiger partial charge in [-0.2, -0.15) is 0 Å². The molecule has 0 saturated heterocycles. The molecular weight excluding hydrogens is 291 g/mol. The predicted octanol–water partition coefficient (Wildman–Crippen LogP) is 2.63. The Morgan fingerprint density at radius 2 is 2.24 bits per heavy atom. The van der Waals surface area contributed by atoms with Crippen molar-refractivity contribution in [2.45, 2.75) is 23.5 Å². The lowest BCUT2D eigenvalue weighted by Gasteiger charge is -2.05. The number of fused-ring (bicyclic) bond motifs is 1. The van der Waals surface area contributed by atoms with Crippen molar-refractivity contribution in [3.63, 3.8) is 0 Å². The second-order valence-corrected chi connectivity index (χ2v) is 5.24. The van der Waals surface area contributed by atoms with Crippen LogP contribution in [0.4, 0.5) is 10.3 Å². The molecule has 0 bridgehead atoms. The molecule has 0 saturated carbocycles. The van der Waals surface area contributed by atoms with Gasteiger partial charge in [-0.1, -0.05) is 13.0 Å². The van der Waals surface area contributed by atoms with Crippen LogP contribution in [-0.4, -0.2) is 31.1 Å². The van der Waals surface area contributed by atoms with E-state index in [0.29, 0.717) is 16.8 Å². The van der Waals surface area contributed by atoms with Gasteiger partial charge in [0.25, 0.3) is 0 Å². The predicted molar refractivity (Wildman–Crippen MR) is 77.9 cm³/mol. The van der Waals surface area contributed by atoms with Gasteiger partial charge in [-0.25, -0.2) is 14.4 Å². The third-order valence-electron chi connectivity index (χ3n) is 2.72. The van der Waals surface area contributed by atoms with Crippen LogP contribution in [0.25, 0.3) is 5.65 Å². The third-order valence-corrected chi connectivity index (χ3v) is 3.66. The Labute approximate surface area is 124 Å². The molecular formula is C13H13FN6S. The van der Waals surface area contributed by atoms with E-state index in [1.165, 1.54) is 0 Å². The Kier molecular flexibility index (Phi) is 3.96. The molecule has 0 spiro atoms. The second-order valence-electron chi connectivity index (χ2n) is 4.29. The summed E-state index contributed by atoms with van der Waals surface area (Å²) >= 11 is 1.12. The van der Waals surface area contributed by atoms with E-state index in [0.717, 1.165) is 30.9 Å². The van der Waals surface area contributed by atoms with Crippen LogP contribution in [-0.2, 0) is 0 Å². The molecule has 3 aromatic heterocycles. The molecule has 0 radical (unpaired) electrons. The summed E-state index contributed by atoms with van der Waals surface area (Å²) in [7, 11) is 0. The summed E-state index contributed by atoms with van der Waals surface area (Å²) in [6, 6.07) is 5.57. The Hall–Kier alpha value is -2.22. The maximum absolute atomic E-state index is 13.9. The molecule has 108 valence electrons. The first kappa shape index (κ1) is 13.7. The van der Waals surface area contributed by atoms with Crippen LogP contribution >= 0.6 is 11.8 Å². The highest BCUT2D eigenvalue weighted by molar-refractivity contribution is 7.99. The molecule has 3 rings (SSSR count). The van der Waals surface area contributed by atoms with E-state index in [2.05, 4.69) is 25.5 Å². The van der Waals surface area contributed by atoms with Gasteiger partial charge in [0.1, 0.15) is 5.03 Å². The molecule has 0 aromatic carbocycles. The van der Waals surface area contributed by atoms with E-state index in [1.54, 1.807) is 4.40 Å². The molecule has 21 heavy (non-hydrogen) atoms. The van der Waals surface area contributed by atoms with E-state index in [1.807, 2.05) is 31.3 Å². The summed E-state index contributed by atoms with van der Waals surface area (Å²) < 4.78 is 15.6. The van der Waals surface area contributed by atoms with Gasteiger partial charge >= 0.3 is 0 Å². The van der Waals surface area contributed by atoms with Gasteiger partial charge in [0.2, 0.25) is 11.1 Å². The molecule has 0 fully saturated rings. The first-order valence-electron chi connectivity index (χ1n) is 6.52. The van der Waals surface area contributed by atoms with Crippen molar-refractivity contribution in [2.24, 2.45) is 0 Å². The van der Waals surface area contributed by atoms with Crippen molar-refractivity contribution < 1.29 is 4.39 Å². The number of anilines is 1. The fourth-order valence-corrected chi connectivity index (χ4v) is 2.51. The van der Waals surface area contributed by atoms with Gasteiger partial charge in [-0.3, -0.25) is 4.40 Å². The van der Waals surface area contributed by atoms with Crippen LogP contribution in [0.3, 0.4) is 0 Å². The minimum atomic E-state index is -0.477. The molecule has 0 aliphatic carbocycles. The Bertz CT molecular complexity index is 759. The topological polar surface area (TPSA) is 68.0 Å². The Morgan fingerprint density at radius 3 is 3.10 bits per heavy atom. The summed E-state index contributed by atoms with van der Waals surface area (Å²) in [6.45, 7) is 2.78. The largest absolute Gasteiger partial charge is 0.354 e. The second kappa shape index (κ2) is 6.04. The van der Waals surface area contributed by atoms with Crippen LogP contribution in [0.1, 0.15) is 13.3 Å². The summed E-state index contributed by atoms with van der Waals surface area (Å²) in [5, 5.41) is 11.9. The van der Waals surface area contributed by atoms with Crippen molar-refractivity contribution >= 4 is 23.4 Å². The molecule has 3 aromatic rings. The number of halogens is 1. The van der Waals surface area contributed by atoms with Crippen LogP contribution in [0.15, 0.2) is 40.8 Å². The molecule has 3 heterocycles. The smallest absolute Gasteiger partial charge is 0.223 e. The number of pyridine rings is 1. The van der Waals surface area contributed by atoms with Crippen molar-refractivity contribution in [3.8, 4) is 0 Å². The molecule has 0 amide bonds. The summed E-state index contributed by atoms with van der Waals surface area (Å²) in [6.07, 6.45) is 3.93. The van der Waals surface area contributed by atoms with Gasteiger partial charge < -0.3 is 5.32 Å². The van der Waals surface area contributed by atoms with E-state index in [-0.39, 0.29) is 5.03 Å². The lowest BCUT2D eigenvalue weighted by Crippen LogP contribution is -2.05. The normalized spacial score (nSPS) is 11.0. The zero-order chi connectivity index (χ0) is 14.7. The molecule has 0 atom stereocenters. The summed E-state index contributed by atoms with van der Waals surface area (Å²) in [5.74, 6) is -0.0655. The van der Waals surface area contributed by atoms with Crippen LogP contribution < -0.4 is 5.32 Å². The highest BCUT2D eigenvalue weighted by Gasteiger charge is 2.13. The number of nitrogens with zero attached hydrogens (tertiary/aromatic N) is 5. The third kappa shape index (κ3) is 2.94.